The Hall–Kier alpha value is -2.83. The number of carboxylic acid groups (broad SMARTS) is 1. The lowest BCUT2D eigenvalue weighted by molar-refractivity contribution is 0.0699. The lowest BCUT2D eigenvalue weighted by Gasteiger charge is -2.08. The Morgan fingerprint density at radius 3 is 2.38 bits per heavy atom. The first-order chi connectivity index (χ1) is 12.5. The molecule has 0 saturated carbocycles. The normalized spacial score (nSPS) is 10.3. The number of aromatic carboxylic acids is 1. The van der Waals surface area contributed by atoms with E-state index in [0.29, 0.717) is 17.1 Å². The minimum Gasteiger partial charge on any atom is -0.478 e. The maximum absolute atomic E-state index is 12.1. The first-order valence-corrected chi connectivity index (χ1v) is 9.00. The zero-order valence-corrected chi connectivity index (χ0v) is 15.1. The Balaban J connectivity index is 1.76. The average Bonchev–Trinajstić information content (AvgIpc) is 3.05. The molecule has 26 heavy (non-hydrogen) atoms. The molecular formula is C19H15ClN2O3S. The van der Waals surface area contributed by atoms with Gasteiger partial charge < -0.3 is 10.4 Å². The van der Waals surface area contributed by atoms with Crippen molar-refractivity contribution in [3.8, 4) is 11.1 Å². The van der Waals surface area contributed by atoms with E-state index in [1.165, 1.54) is 11.3 Å². The molecule has 2 aromatic carbocycles. The molecular weight excluding hydrogens is 372 g/mol. The second kappa shape index (κ2) is 8.03. The topological polar surface area (TPSA) is 78.4 Å². The second-order valence-electron chi connectivity index (χ2n) is 5.46. The molecule has 3 rings (SSSR count). The molecule has 0 bridgehead atoms. The van der Waals surface area contributed by atoms with Crippen molar-refractivity contribution in [3.63, 3.8) is 0 Å². The fourth-order valence-corrected chi connectivity index (χ4v) is 3.51. The van der Waals surface area contributed by atoms with Gasteiger partial charge in [-0.1, -0.05) is 54.1 Å². The minimum absolute atomic E-state index is 0.0622. The van der Waals surface area contributed by atoms with Crippen LogP contribution in [-0.2, 0) is 6.54 Å². The van der Waals surface area contributed by atoms with Crippen molar-refractivity contribution in [3.05, 3.63) is 76.1 Å². The van der Waals surface area contributed by atoms with E-state index < -0.39 is 12.0 Å². The molecule has 7 heteroatoms. The minimum atomic E-state index is -1.10. The van der Waals surface area contributed by atoms with E-state index >= 15 is 0 Å². The molecule has 0 saturated heterocycles. The van der Waals surface area contributed by atoms with E-state index in [-0.39, 0.29) is 10.6 Å². The monoisotopic (exact) mass is 386 g/mol. The van der Waals surface area contributed by atoms with Gasteiger partial charge in [0.2, 0.25) is 0 Å². The summed E-state index contributed by atoms with van der Waals surface area (Å²) in [5, 5.41) is 17.5. The number of thiophene rings is 1. The van der Waals surface area contributed by atoms with Crippen LogP contribution in [0.25, 0.3) is 11.1 Å². The summed E-state index contributed by atoms with van der Waals surface area (Å²) in [6.45, 7) is 0.352. The number of halogens is 1. The van der Waals surface area contributed by atoms with Gasteiger partial charge in [-0.15, -0.1) is 11.3 Å². The highest BCUT2D eigenvalue weighted by Crippen LogP contribution is 2.36. The van der Waals surface area contributed by atoms with Crippen molar-refractivity contribution >= 4 is 39.9 Å². The van der Waals surface area contributed by atoms with Crippen LogP contribution < -0.4 is 10.6 Å². The molecule has 0 unspecified atom stereocenters. The molecule has 0 spiro atoms. The first-order valence-electron chi connectivity index (χ1n) is 7.74. The number of rotatable bonds is 5. The Morgan fingerprint density at radius 2 is 1.73 bits per heavy atom. The summed E-state index contributed by atoms with van der Waals surface area (Å²) in [6.07, 6.45) is 0. The number of carboxylic acids is 1. The summed E-state index contributed by atoms with van der Waals surface area (Å²) in [7, 11) is 0. The van der Waals surface area contributed by atoms with Crippen LogP contribution in [0.1, 0.15) is 15.9 Å². The maximum atomic E-state index is 12.1. The zero-order valence-electron chi connectivity index (χ0n) is 13.5. The molecule has 0 aliphatic rings. The van der Waals surface area contributed by atoms with Gasteiger partial charge >= 0.3 is 12.0 Å². The van der Waals surface area contributed by atoms with E-state index in [4.69, 9.17) is 11.6 Å². The van der Waals surface area contributed by atoms with Crippen LogP contribution in [0.4, 0.5) is 9.80 Å². The third-order valence-electron chi connectivity index (χ3n) is 3.68. The average molecular weight is 387 g/mol. The van der Waals surface area contributed by atoms with Crippen LogP contribution in [0.3, 0.4) is 0 Å². The van der Waals surface area contributed by atoms with Crippen molar-refractivity contribution < 1.29 is 14.7 Å². The van der Waals surface area contributed by atoms with Crippen LogP contribution in [0, 0.1) is 0 Å². The third-order valence-corrected chi connectivity index (χ3v) is 4.83. The summed E-state index contributed by atoms with van der Waals surface area (Å²) in [6, 6.07) is 15.9. The lowest BCUT2D eigenvalue weighted by atomic mass is 10.0. The molecule has 3 N–H and O–H groups in total. The molecule has 0 fully saturated rings. The molecule has 1 aromatic heterocycles. The number of carbonyl (C=O) groups excluding carboxylic acids is 1. The van der Waals surface area contributed by atoms with Gasteiger partial charge in [-0.25, -0.2) is 9.59 Å². The first kappa shape index (κ1) is 18.0. The van der Waals surface area contributed by atoms with Crippen LogP contribution in [0.15, 0.2) is 60.0 Å². The summed E-state index contributed by atoms with van der Waals surface area (Å²) >= 11 is 7.05. The van der Waals surface area contributed by atoms with Gasteiger partial charge in [0.1, 0.15) is 10.6 Å². The van der Waals surface area contributed by atoms with Crippen molar-refractivity contribution in [2.75, 3.05) is 5.32 Å². The number of hydrogen-bond donors (Lipinski definition) is 3. The number of urea groups is 1. The summed E-state index contributed by atoms with van der Waals surface area (Å²) < 4.78 is 0. The number of benzene rings is 2. The molecule has 0 aliphatic carbocycles. The number of hydrogen-bond acceptors (Lipinski definition) is 3. The van der Waals surface area contributed by atoms with Gasteiger partial charge in [-0.05, 0) is 23.3 Å². The van der Waals surface area contributed by atoms with E-state index in [1.807, 2.05) is 30.3 Å². The SMILES string of the molecule is O=C(NCc1ccccc1)Nc1scc(-c2ccc(Cl)cc2)c1C(=O)O. The molecule has 0 aliphatic heterocycles. The van der Waals surface area contributed by atoms with E-state index in [2.05, 4.69) is 10.6 Å². The number of anilines is 1. The quantitative estimate of drug-likeness (QED) is 0.571. The Labute approximate surface area is 159 Å². The Morgan fingerprint density at radius 1 is 1.04 bits per heavy atom. The third kappa shape index (κ3) is 4.22. The van der Waals surface area contributed by atoms with Crippen molar-refractivity contribution in [1.29, 1.82) is 0 Å². The van der Waals surface area contributed by atoms with Crippen molar-refractivity contribution in [2.45, 2.75) is 6.54 Å². The predicted octanol–water partition coefficient (Wildman–Crippen LogP) is 5.09. The van der Waals surface area contributed by atoms with Gasteiger partial charge in [0.05, 0.1) is 0 Å². The van der Waals surface area contributed by atoms with Crippen LogP contribution in [0.2, 0.25) is 5.02 Å². The molecule has 0 atom stereocenters. The predicted molar refractivity (Wildman–Crippen MR) is 104 cm³/mol. The maximum Gasteiger partial charge on any atom is 0.339 e. The molecule has 0 radical (unpaired) electrons. The largest absolute Gasteiger partial charge is 0.478 e. The summed E-state index contributed by atoms with van der Waals surface area (Å²) in [5.74, 6) is -1.10. The van der Waals surface area contributed by atoms with E-state index in [1.54, 1.807) is 29.6 Å². The van der Waals surface area contributed by atoms with Gasteiger partial charge in [-0.3, -0.25) is 5.32 Å². The fraction of sp³-hybridized carbons (Fsp3) is 0.0526. The van der Waals surface area contributed by atoms with Crippen molar-refractivity contribution in [2.24, 2.45) is 0 Å². The highest BCUT2D eigenvalue weighted by atomic mass is 35.5. The molecule has 2 amide bonds. The second-order valence-corrected chi connectivity index (χ2v) is 6.77. The number of nitrogens with one attached hydrogen (secondary N) is 2. The van der Waals surface area contributed by atoms with Crippen LogP contribution >= 0.6 is 22.9 Å². The number of carbonyl (C=O) groups is 2. The highest BCUT2D eigenvalue weighted by Gasteiger charge is 2.21. The Kier molecular flexibility index (Phi) is 5.55. The summed E-state index contributed by atoms with van der Waals surface area (Å²) in [4.78, 5) is 23.8. The molecule has 1 heterocycles. The van der Waals surface area contributed by atoms with E-state index in [0.717, 1.165) is 11.1 Å². The van der Waals surface area contributed by atoms with Crippen LogP contribution in [-0.4, -0.2) is 17.1 Å². The molecule has 5 nitrogen and oxygen atoms in total. The molecule has 3 aromatic rings. The fourth-order valence-electron chi connectivity index (χ4n) is 2.43. The van der Waals surface area contributed by atoms with Gasteiger partial charge in [0.25, 0.3) is 0 Å². The zero-order chi connectivity index (χ0) is 18.5. The lowest BCUT2D eigenvalue weighted by Crippen LogP contribution is -2.28. The van der Waals surface area contributed by atoms with Crippen molar-refractivity contribution in [1.82, 2.24) is 5.32 Å². The Bertz CT molecular complexity index is 924. The van der Waals surface area contributed by atoms with Gasteiger partial charge in [0, 0.05) is 22.5 Å². The van der Waals surface area contributed by atoms with Gasteiger partial charge in [0.15, 0.2) is 0 Å². The number of amides is 2. The van der Waals surface area contributed by atoms with E-state index in [9.17, 15) is 14.7 Å². The highest BCUT2D eigenvalue weighted by molar-refractivity contribution is 7.15. The smallest absolute Gasteiger partial charge is 0.339 e. The summed E-state index contributed by atoms with van der Waals surface area (Å²) in [5.41, 5.74) is 2.28. The van der Waals surface area contributed by atoms with Crippen LogP contribution in [0.5, 0.6) is 0 Å². The van der Waals surface area contributed by atoms with Gasteiger partial charge in [-0.2, -0.15) is 0 Å². The molecule has 132 valence electrons. The standard InChI is InChI=1S/C19H15ClN2O3S/c20-14-8-6-13(7-9-14)15-11-26-17(16(15)18(23)24)22-19(25)21-10-12-4-2-1-3-5-12/h1-9,11H,10H2,(H,23,24)(H2,21,22,25).